The summed E-state index contributed by atoms with van der Waals surface area (Å²) in [5, 5.41) is 6.46. The minimum absolute atomic E-state index is 0.312. The van der Waals surface area contributed by atoms with Gasteiger partial charge in [-0.2, -0.15) is 0 Å². The summed E-state index contributed by atoms with van der Waals surface area (Å²) in [7, 11) is -0.822. The van der Waals surface area contributed by atoms with Crippen LogP contribution in [-0.2, 0) is 16.3 Å². The van der Waals surface area contributed by atoms with Gasteiger partial charge in [-0.05, 0) is 32.7 Å². The molecule has 0 radical (unpaired) electrons. The Morgan fingerprint density at radius 3 is 2.89 bits per heavy atom. The van der Waals surface area contributed by atoms with Gasteiger partial charge in [0.1, 0.15) is 0 Å². The molecule has 2 atom stereocenters. The van der Waals surface area contributed by atoms with Crippen LogP contribution < -0.4 is 5.32 Å². The van der Waals surface area contributed by atoms with Crippen LogP contribution in [-0.4, -0.2) is 38.0 Å². The van der Waals surface area contributed by atoms with Crippen LogP contribution in [0.25, 0.3) is 0 Å². The van der Waals surface area contributed by atoms with Gasteiger partial charge in [0.05, 0.1) is 22.2 Å². The van der Waals surface area contributed by atoms with E-state index in [0.29, 0.717) is 23.5 Å². The first-order chi connectivity index (χ1) is 8.48. The molecule has 2 unspecified atom stereocenters. The van der Waals surface area contributed by atoms with Crippen molar-refractivity contribution in [1.29, 1.82) is 0 Å². The van der Waals surface area contributed by atoms with Gasteiger partial charge in [-0.3, -0.25) is 0 Å². The molecule has 0 spiro atoms. The highest BCUT2D eigenvalue weighted by atomic mass is 32.2. The fourth-order valence-electron chi connectivity index (χ4n) is 2.52. The van der Waals surface area contributed by atoms with Gasteiger partial charge in [-0.15, -0.1) is 11.3 Å². The summed E-state index contributed by atoms with van der Waals surface area (Å²) in [6, 6.07) is 0.324. The summed E-state index contributed by atoms with van der Waals surface area (Å²) in [6.45, 7) is 2.01. The molecular weight excluding hydrogens is 268 g/mol. The molecule has 6 heteroatoms. The summed E-state index contributed by atoms with van der Waals surface area (Å²) in [5.74, 6) is 1.04. The molecule has 18 heavy (non-hydrogen) atoms. The lowest BCUT2D eigenvalue weighted by molar-refractivity contribution is 0.422. The molecule has 1 N–H and O–H groups in total. The fraction of sp³-hybridized carbons (Fsp3) is 0.750. The molecule has 102 valence electrons. The van der Waals surface area contributed by atoms with Gasteiger partial charge < -0.3 is 5.32 Å². The van der Waals surface area contributed by atoms with E-state index in [-0.39, 0.29) is 0 Å². The minimum Gasteiger partial charge on any atom is -0.317 e. The zero-order valence-electron chi connectivity index (χ0n) is 10.8. The van der Waals surface area contributed by atoms with Crippen LogP contribution in [0.4, 0.5) is 0 Å². The van der Waals surface area contributed by atoms with Crippen molar-refractivity contribution >= 4 is 21.2 Å². The first kappa shape index (κ1) is 14.0. The maximum absolute atomic E-state index is 11.4. The molecule has 0 amide bonds. The molecule has 0 aliphatic carbocycles. The predicted molar refractivity (Wildman–Crippen MR) is 74.8 cm³/mol. The third-order valence-corrected chi connectivity index (χ3v) is 6.13. The highest BCUT2D eigenvalue weighted by Gasteiger charge is 2.29. The average Bonchev–Trinajstić information content (AvgIpc) is 2.84. The Bertz CT molecular complexity index is 496. The van der Waals surface area contributed by atoms with Gasteiger partial charge in [0.25, 0.3) is 0 Å². The Labute approximate surface area is 113 Å². The smallest absolute Gasteiger partial charge is 0.150 e. The molecule has 2 rings (SSSR count). The lowest BCUT2D eigenvalue weighted by Crippen LogP contribution is -2.30. The van der Waals surface area contributed by atoms with Crippen molar-refractivity contribution in [1.82, 2.24) is 10.3 Å². The largest absolute Gasteiger partial charge is 0.317 e. The van der Waals surface area contributed by atoms with E-state index in [4.69, 9.17) is 0 Å². The Balaban J connectivity index is 1.90. The maximum Gasteiger partial charge on any atom is 0.150 e. The molecule has 1 aromatic rings. The van der Waals surface area contributed by atoms with E-state index in [1.54, 1.807) is 11.3 Å². The first-order valence-corrected chi connectivity index (χ1v) is 8.97. The Kier molecular flexibility index (Phi) is 4.40. The van der Waals surface area contributed by atoms with Crippen molar-refractivity contribution in [3.05, 3.63) is 16.1 Å². The molecule has 0 bridgehead atoms. The summed E-state index contributed by atoms with van der Waals surface area (Å²) in [6.07, 6.45) is 2.63. The zero-order valence-corrected chi connectivity index (χ0v) is 12.5. The van der Waals surface area contributed by atoms with Gasteiger partial charge in [0.2, 0.25) is 0 Å². The standard InChI is InChI=1S/C12H20N2O2S2/c1-9-14-12(7-17-9)6-11(13-2)5-10-3-4-18(15,16)8-10/h7,10-11,13H,3-6,8H2,1-2H3. The number of likely N-dealkylation sites (N-methyl/N-ethyl adjacent to an activating group) is 1. The molecule has 1 saturated heterocycles. The molecule has 1 aliphatic heterocycles. The van der Waals surface area contributed by atoms with Crippen molar-refractivity contribution in [3.8, 4) is 0 Å². The highest BCUT2D eigenvalue weighted by Crippen LogP contribution is 2.24. The molecule has 4 nitrogen and oxygen atoms in total. The highest BCUT2D eigenvalue weighted by molar-refractivity contribution is 7.91. The zero-order chi connectivity index (χ0) is 13.2. The number of hydrogen-bond donors (Lipinski definition) is 1. The van der Waals surface area contributed by atoms with E-state index in [1.807, 2.05) is 14.0 Å². The maximum atomic E-state index is 11.4. The van der Waals surface area contributed by atoms with E-state index in [2.05, 4.69) is 15.7 Å². The summed E-state index contributed by atoms with van der Waals surface area (Å²) in [5.41, 5.74) is 1.11. The van der Waals surface area contributed by atoms with Gasteiger partial charge in [-0.25, -0.2) is 13.4 Å². The number of aryl methyl sites for hydroxylation is 1. The normalized spacial score (nSPS) is 24.2. The first-order valence-electron chi connectivity index (χ1n) is 6.27. The van der Waals surface area contributed by atoms with E-state index >= 15 is 0 Å². The van der Waals surface area contributed by atoms with E-state index < -0.39 is 9.84 Å². The number of thiazole rings is 1. The summed E-state index contributed by atoms with van der Waals surface area (Å²) in [4.78, 5) is 4.46. The van der Waals surface area contributed by atoms with Gasteiger partial charge >= 0.3 is 0 Å². The van der Waals surface area contributed by atoms with Crippen molar-refractivity contribution in [2.75, 3.05) is 18.6 Å². The van der Waals surface area contributed by atoms with Gasteiger partial charge in [0, 0.05) is 17.8 Å². The number of sulfone groups is 1. The molecule has 0 aromatic carbocycles. The quantitative estimate of drug-likeness (QED) is 0.890. The topological polar surface area (TPSA) is 59.1 Å². The number of aromatic nitrogens is 1. The molecule has 1 aliphatic rings. The second kappa shape index (κ2) is 5.67. The van der Waals surface area contributed by atoms with Crippen molar-refractivity contribution in [2.45, 2.75) is 32.2 Å². The lowest BCUT2D eigenvalue weighted by atomic mass is 9.97. The second-order valence-electron chi connectivity index (χ2n) is 5.05. The van der Waals surface area contributed by atoms with Gasteiger partial charge in [-0.1, -0.05) is 0 Å². The SMILES string of the molecule is CNC(Cc1csc(C)n1)CC1CCS(=O)(=O)C1. The Hall–Kier alpha value is -0.460. The van der Waals surface area contributed by atoms with Crippen LogP contribution in [0.5, 0.6) is 0 Å². The van der Waals surface area contributed by atoms with E-state index in [0.717, 1.165) is 30.0 Å². The van der Waals surface area contributed by atoms with Crippen LogP contribution in [0.2, 0.25) is 0 Å². The van der Waals surface area contributed by atoms with Crippen molar-refractivity contribution < 1.29 is 8.42 Å². The Morgan fingerprint density at radius 1 is 1.61 bits per heavy atom. The van der Waals surface area contributed by atoms with Crippen LogP contribution in [0.15, 0.2) is 5.38 Å². The molecule has 2 heterocycles. The van der Waals surface area contributed by atoms with E-state index in [1.165, 1.54) is 0 Å². The fourth-order valence-corrected chi connectivity index (χ4v) is 5.02. The third-order valence-electron chi connectivity index (χ3n) is 3.47. The van der Waals surface area contributed by atoms with Crippen molar-refractivity contribution in [2.24, 2.45) is 5.92 Å². The van der Waals surface area contributed by atoms with E-state index in [9.17, 15) is 8.42 Å². The monoisotopic (exact) mass is 288 g/mol. The molecule has 1 aromatic heterocycles. The van der Waals surface area contributed by atoms with Crippen LogP contribution in [0.1, 0.15) is 23.5 Å². The number of hydrogen-bond acceptors (Lipinski definition) is 5. The number of nitrogens with zero attached hydrogens (tertiary/aromatic N) is 1. The van der Waals surface area contributed by atoms with Crippen molar-refractivity contribution in [3.63, 3.8) is 0 Å². The lowest BCUT2D eigenvalue weighted by Gasteiger charge is -2.18. The minimum atomic E-state index is -2.76. The second-order valence-corrected chi connectivity index (χ2v) is 8.34. The summed E-state index contributed by atoms with van der Waals surface area (Å²) < 4.78 is 22.9. The third kappa shape index (κ3) is 3.76. The van der Waals surface area contributed by atoms with Crippen LogP contribution >= 0.6 is 11.3 Å². The molecule has 0 saturated carbocycles. The summed E-state index contributed by atoms with van der Waals surface area (Å²) >= 11 is 1.66. The molecule has 1 fully saturated rings. The van der Waals surface area contributed by atoms with Crippen LogP contribution in [0.3, 0.4) is 0 Å². The predicted octanol–water partition coefficient (Wildman–Crippen LogP) is 1.41. The van der Waals surface area contributed by atoms with Gasteiger partial charge in [0.15, 0.2) is 9.84 Å². The average molecular weight is 288 g/mol. The van der Waals surface area contributed by atoms with Crippen LogP contribution in [0, 0.1) is 12.8 Å². The Morgan fingerprint density at radius 2 is 2.39 bits per heavy atom. The molecular formula is C12H20N2O2S2. The number of nitrogens with one attached hydrogen (secondary N) is 1. The number of rotatable bonds is 5.